The van der Waals surface area contributed by atoms with E-state index in [4.69, 9.17) is 0 Å². The SMILES string of the molecule is CN1C[C@H]2CCC3(CC3)[C@H]2C1. The fraction of sp³-hybridized carbons (Fsp3) is 1.00. The van der Waals surface area contributed by atoms with Crippen LogP contribution in [0.25, 0.3) is 0 Å². The quantitative estimate of drug-likeness (QED) is 0.509. The number of nitrogens with zero attached hydrogens (tertiary/aromatic N) is 1. The highest BCUT2D eigenvalue weighted by atomic mass is 15.1. The normalized spacial score (nSPS) is 46.6. The molecule has 0 unspecified atom stereocenters. The predicted molar refractivity (Wildman–Crippen MR) is 45.4 cm³/mol. The largest absolute Gasteiger partial charge is 0.306 e. The van der Waals surface area contributed by atoms with Gasteiger partial charge in [-0.15, -0.1) is 0 Å². The Kier molecular flexibility index (Phi) is 1.07. The first-order valence-corrected chi connectivity index (χ1v) is 4.99. The topological polar surface area (TPSA) is 3.24 Å². The molecule has 0 N–H and O–H groups in total. The lowest BCUT2D eigenvalue weighted by Gasteiger charge is -2.16. The van der Waals surface area contributed by atoms with Crippen molar-refractivity contribution in [1.82, 2.24) is 4.90 Å². The molecular weight excluding hydrogens is 134 g/mol. The maximum Gasteiger partial charge on any atom is 0.00152 e. The Labute approximate surface area is 68.8 Å². The summed E-state index contributed by atoms with van der Waals surface area (Å²) in [5, 5.41) is 0. The molecule has 1 spiro atoms. The van der Waals surface area contributed by atoms with E-state index in [0.29, 0.717) is 0 Å². The molecule has 1 saturated heterocycles. The molecule has 0 aromatic rings. The second kappa shape index (κ2) is 1.82. The van der Waals surface area contributed by atoms with E-state index in [0.717, 1.165) is 17.3 Å². The van der Waals surface area contributed by atoms with Crippen LogP contribution in [0.1, 0.15) is 25.7 Å². The molecule has 1 heteroatoms. The minimum Gasteiger partial charge on any atom is -0.306 e. The molecule has 1 heterocycles. The first kappa shape index (κ1) is 6.47. The van der Waals surface area contributed by atoms with Crippen molar-refractivity contribution in [2.75, 3.05) is 20.1 Å². The monoisotopic (exact) mass is 151 g/mol. The number of hydrogen-bond donors (Lipinski definition) is 0. The Hall–Kier alpha value is -0.0400. The van der Waals surface area contributed by atoms with Crippen molar-refractivity contribution in [2.45, 2.75) is 25.7 Å². The molecule has 0 aromatic heterocycles. The molecule has 3 fully saturated rings. The summed E-state index contributed by atoms with van der Waals surface area (Å²) in [6.07, 6.45) is 6.22. The van der Waals surface area contributed by atoms with Crippen molar-refractivity contribution in [2.24, 2.45) is 17.3 Å². The molecule has 1 aliphatic heterocycles. The van der Waals surface area contributed by atoms with Gasteiger partial charge in [0.2, 0.25) is 0 Å². The zero-order chi connectivity index (χ0) is 7.47. The molecule has 0 radical (unpaired) electrons. The molecule has 0 aromatic carbocycles. The fourth-order valence-corrected chi connectivity index (χ4v) is 3.51. The van der Waals surface area contributed by atoms with Gasteiger partial charge >= 0.3 is 0 Å². The van der Waals surface area contributed by atoms with Crippen LogP contribution in [-0.4, -0.2) is 25.0 Å². The molecule has 1 nitrogen and oxygen atoms in total. The van der Waals surface area contributed by atoms with E-state index in [9.17, 15) is 0 Å². The minimum absolute atomic E-state index is 0.884. The van der Waals surface area contributed by atoms with Crippen molar-refractivity contribution < 1.29 is 0 Å². The first-order chi connectivity index (χ1) is 5.30. The van der Waals surface area contributed by atoms with Crippen molar-refractivity contribution in [1.29, 1.82) is 0 Å². The molecule has 2 aliphatic carbocycles. The third kappa shape index (κ3) is 0.752. The predicted octanol–water partition coefficient (Wildman–Crippen LogP) is 1.74. The molecule has 0 bridgehead atoms. The summed E-state index contributed by atoms with van der Waals surface area (Å²) in [4.78, 5) is 2.54. The van der Waals surface area contributed by atoms with Gasteiger partial charge in [-0.05, 0) is 50.0 Å². The van der Waals surface area contributed by atoms with Gasteiger partial charge in [-0.25, -0.2) is 0 Å². The molecule has 2 atom stereocenters. The molecule has 62 valence electrons. The summed E-state index contributed by atoms with van der Waals surface area (Å²) >= 11 is 0. The van der Waals surface area contributed by atoms with E-state index < -0.39 is 0 Å². The average Bonchev–Trinajstić information content (AvgIpc) is 2.57. The summed E-state index contributed by atoms with van der Waals surface area (Å²) in [5.41, 5.74) is 0.884. The van der Waals surface area contributed by atoms with Crippen molar-refractivity contribution in [3.05, 3.63) is 0 Å². The van der Waals surface area contributed by atoms with E-state index in [-0.39, 0.29) is 0 Å². The Morgan fingerprint density at radius 1 is 1.18 bits per heavy atom. The van der Waals surface area contributed by atoms with Gasteiger partial charge in [0.25, 0.3) is 0 Å². The van der Waals surface area contributed by atoms with Crippen LogP contribution >= 0.6 is 0 Å². The van der Waals surface area contributed by atoms with Gasteiger partial charge in [-0.2, -0.15) is 0 Å². The van der Waals surface area contributed by atoms with E-state index in [1.165, 1.54) is 19.5 Å². The zero-order valence-electron chi connectivity index (χ0n) is 7.34. The van der Waals surface area contributed by atoms with Gasteiger partial charge in [-0.3, -0.25) is 0 Å². The van der Waals surface area contributed by atoms with E-state index >= 15 is 0 Å². The Bertz CT molecular complexity index is 183. The minimum atomic E-state index is 0.884. The molecule has 3 rings (SSSR count). The second-order valence-electron chi connectivity index (χ2n) is 4.99. The smallest absolute Gasteiger partial charge is 0.00152 e. The van der Waals surface area contributed by atoms with Gasteiger partial charge in [0.15, 0.2) is 0 Å². The van der Waals surface area contributed by atoms with Crippen LogP contribution in [0.2, 0.25) is 0 Å². The zero-order valence-corrected chi connectivity index (χ0v) is 7.34. The summed E-state index contributed by atoms with van der Waals surface area (Å²) in [6.45, 7) is 2.80. The van der Waals surface area contributed by atoms with E-state index in [1.54, 1.807) is 19.3 Å². The second-order valence-corrected chi connectivity index (χ2v) is 4.99. The molecule has 11 heavy (non-hydrogen) atoms. The Morgan fingerprint density at radius 2 is 2.00 bits per heavy atom. The first-order valence-electron chi connectivity index (χ1n) is 4.99. The van der Waals surface area contributed by atoms with Crippen LogP contribution in [-0.2, 0) is 0 Å². The van der Waals surface area contributed by atoms with Gasteiger partial charge in [0, 0.05) is 13.1 Å². The molecular formula is C10H17N. The van der Waals surface area contributed by atoms with Crippen LogP contribution in [0.5, 0.6) is 0 Å². The number of rotatable bonds is 0. The Morgan fingerprint density at radius 3 is 2.73 bits per heavy atom. The lowest BCUT2D eigenvalue weighted by atomic mass is 9.90. The van der Waals surface area contributed by atoms with Crippen LogP contribution in [0.3, 0.4) is 0 Å². The average molecular weight is 151 g/mol. The Balaban J connectivity index is 1.85. The molecule has 3 aliphatic rings. The van der Waals surface area contributed by atoms with Gasteiger partial charge in [0.05, 0.1) is 0 Å². The highest BCUT2D eigenvalue weighted by Crippen LogP contribution is 2.64. The summed E-state index contributed by atoms with van der Waals surface area (Å²) in [6, 6.07) is 0. The molecule has 0 amide bonds. The number of likely N-dealkylation sites (tertiary alicyclic amines) is 1. The van der Waals surface area contributed by atoms with Crippen LogP contribution in [0, 0.1) is 17.3 Å². The standard InChI is InChI=1S/C10H17N/c1-11-6-8-2-3-10(4-5-10)9(8)7-11/h8-9H,2-7H2,1H3/t8-,9+/m1/s1. The maximum atomic E-state index is 2.54. The number of fused-ring (bicyclic) bond motifs is 2. The molecule has 2 saturated carbocycles. The van der Waals surface area contributed by atoms with Crippen LogP contribution in [0.4, 0.5) is 0 Å². The number of hydrogen-bond acceptors (Lipinski definition) is 1. The highest BCUT2D eigenvalue weighted by Gasteiger charge is 2.57. The lowest BCUT2D eigenvalue weighted by Crippen LogP contribution is -2.18. The van der Waals surface area contributed by atoms with E-state index in [1.807, 2.05) is 0 Å². The van der Waals surface area contributed by atoms with E-state index in [2.05, 4.69) is 11.9 Å². The third-order valence-electron chi connectivity index (χ3n) is 4.32. The van der Waals surface area contributed by atoms with Crippen molar-refractivity contribution in [3.8, 4) is 0 Å². The summed E-state index contributed by atoms with van der Waals surface area (Å²) in [5.74, 6) is 2.19. The van der Waals surface area contributed by atoms with Crippen molar-refractivity contribution in [3.63, 3.8) is 0 Å². The summed E-state index contributed by atoms with van der Waals surface area (Å²) in [7, 11) is 2.29. The summed E-state index contributed by atoms with van der Waals surface area (Å²) < 4.78 is 0. The van der Waals surface area contributed by atoms with Gasteiger partial charge < -0.3 is 4.90 Å². The van der Waals surface area contributed by atoms with Crippen molar-refractivity contribution >= 4 is 0 Å². The fourth-order valence-electron chi connectivity index (χ4n) is 3.51. The van der Waals surface area contributed by atoms with Crippen LogP contribution in [0.15, 0.2) is 0 Å². The maximum absolute atomic E-state index is 2.54. The van der Waals surface area contributed by atoms with Crippen LogP contribution < -0.4 is 0 Å². The van der Waals surface area contributed by atoms with Gasteiger partial charge in [0.1, 0.15) is 0 Å². The van der Waals surface area contributed by atoms with Gasteiger partial charge in [-0.1, -0.05) is 0 Å². The lowest BCUT2D eigenvalue weighted by molar-refractivity contribution is 0.316. The third-order valence-corrected chi connectivity index (χ3v) is 4.32. The highest BCUT2D eigenvalue weighted by molar-refractivity contribution is 5.08.